The Bertz CT molecular complexity index is 1190. The minimum absolute atomic E-state index is 0.0703. The molecule has 0 unspecified atom stereocenters. The normalized spacial score (nSPS) is 12.0. The van der Waals surface area contributed by atoms with E-state index in [1.54, 1.807) is 45.0 Å². The second kappa shape index (κ2) is 7.64. The maximum absolute atomic E-state index is 12.5. The Morgan fingerprint density at radius 1 is 1.10 bits per heavy atom. The van der Waals surface area contributed by atoms with Crippen molar-refractivity contribution in [2.24, 2.45) is 0 Å². The Morgan fingerprint density at radius 2 is 1.79 bits per heavy atom. The number of aromatic amines is 1. The molecule has 0 saturated carbocycles. The molecule has 0 radical (unpaired) electrons. The highest BCUT2D eigenvalue weighted by molar-refractivity contribution is 7.89. The smallest absolute Gasteiger partial charge is 0.322 e. The third-order valence-corrected chi connectivity index (χ3v) is 5.48. The molecular weight excluding hydrogens is 396 g/mol. The van der Waals surface area contributed by atoms with Gasteiger partial charge >= 0.3 is 5.76 Å². The van der Waals surface area contributed by atoms with E-state index in [0.29, 0.717) is 16.8 Å². The molecular formula is C19H20N4O5S. The molecule has 0 atom stereocenters. The molecule has 1 amide bonds. The Labute approximate surface area is 167 Å². The average Bonchev–Trinajstić information content (AvgIpc) is 3.06. The van der Waals surface area contributed by atoms with Gasteiger partial charge in [-0.25, -0.2) is 17.9 Å². The summed E-state index contributed by atoms with van der Waals surface area (Å²) in [6, 6.07) is 12.3. The van der Waals surface area contributed by atoms with Crippen LogP contribution < -0.4 is 15.8 Å². The molecule has 0 spiro atoms. The number of carbonyl (C=O) groups is 1. The number of benzene rings is 2. The number of anilines is 1. The van der Waals surface area contributed by atoms with E-state index >= 15 is 0 Å². The van der Waals surface area contributed by atoms with Crippen molar-refractivity contribution in [2.75, 3.05) is 5.32 Å². The maximum atomic E-state index is 12.5. The molecule has 152 valence electrons. The van der Waals surface area contributed by atoms with Gasteiger partial charge in [-0.15, -0.1) is 0 Å². The first-order valence-electron chi connectivity index (χ1n) is 8.65. The van der Waals surface area contributed by atoms with Gasteiger partial charge in [-0.1, -0.05) is 17.3 Å². The van der Waals surface area contributed by atoms with Crippen LogP contribution in [0.15, 0.2) is 62.7 Å². The van der Waals surface area contributed by atoms with E-state index in [1.807, 2.05) is 0 Å². The van der Waals surface area contributed by atoms with E-state index in [-0.39, 0.29) is 10.7 Å². The first-order chi connectivity index (χ1) is 13.5. The SMILES string of the molecule is CC(C)(C)NS(=O)(=O)c1ccc(C(=O)Nc2cccc(-c3noc(=O)[nH]3)c2)cc1. The highest BCUT2D eigenvalue weighted by Crippen LogP contribution is 2.20. The zero-order chi connectivity index (χ0) is 21.2. The molecule has 10 heteroatoms. The topological polar surface area (TPSA) is 134 Å². The molecule has 3 aromatic rings. The lowest BCUT2D eigenvalue weighted by Crippen LogP contribution is -2.40. The summed E-state index contributed by atoms with van der Waals surface area (Å²) in [5.74, 6) is -0.846. The van der Waals surface area contributed by atoms with E-state index in [4.69, 9.17) is 0 Å². The van der Waals surface area contributed by atoms with Crippen molar-refractivity contribution in [2.45, 2.75) is 31.2 Å². The minimum atomic E-state index is -3.68. The van der Waals surface area contributed by atoms with E-state index in [9.17, 15) is 18.0 Å². The lowest BCUT2D eigenvalue weighted by molar-refractivity contribution is 0.102. The molecule has 29 heavy (non-hydrogen) atoms. The summed E-state index contributed by atoms with van der Waals surface area (Å²) in [6.07, 6.45) is 0. The number of carbonyl (C=O) groups excluding carboxylic acids is 1. The highest BCUT2D eigenvalue weighted by atomic mass is 32.2. The fourth-order valence-electron chi connectivity index (χ4n) is 2.55. The number of amides is 1. The van der Waals surface area contributed by atoms with Gasteiger partial charge < -0.3 is 5.32 Å². The van der Waals surface area contributed by atoms with Crippen molar-refractivity contribution < 1.29 is 17.7 Å². The number of sulfonamides is 1. The Balaban J connectivity index is 1.76. The maximum Gasteiger partial charge on any atom is 0.439 e. The van der Waals surface area contributed by atoms with E-state index in [1.165, 1.54) is 24.3 Å². The van der Waals surface area contributed by atoms with Crippen molar-refractivity contribution >= 4 is 21.6 Å². The van der Waals surface area contributed by atoms with Crippen molar-refractivity contribution in [3.63, 3.8) is 0 Å². The minimum Gasteiger partial charge on any atom is -0.322 e. The van der Waals surface area contributed by atoms with Crippen LogP contribution in [0.25, 0.3) is 11.4 Å². The Morgan fingerprint density at radius 3 is 2.38 bits per heavy atom. The second-order valence-electron chi connectivity index (χ2n) is 7.36. The molecule has 1 aromatic heterocycles. The van der Waals surface area contributed by atoms with Gasteiger partial charge in [0.2, 0.25) is 10.0 Å². The number of hydrogen-bond donors (Lipinski definition) is 3. The van der Waals surface area contributed by atoms with Crippen LogP contribution >= 0.6 is 0 Å². The average molecular weight is 416 g/mol. The summed E-state index contributed by atoms with van der Waals surface area (Å²) >= 11 is 0. The van der Waals surface area contributed by atoms with Gasteiger partial charge in [-0.05, 0) is 57.2 Å². The molecule has 3 rings (SSSR count). The lowest BCUT2D eigenvalue weighted by atomic mass is 10.1. The summed E-state index contributed by atoms with van der Waals surface area (Å²) in [4.78, 5) is 26.1. The van der Waals surface area contributed by atoms with Gasteiger partial charge in [0.05, 0.1) is 4.90 Å². The highest BCUT2D eigenvalue weighted by Gasteiger charge is 2.22. The van der Waals surface area contributed by atoms with Crippen LogP contribution in [0, 0.1) is 0 Å². The predicted molar refractivity (Wildman–Crippen MR) is 107 cm³/mol. The van der Waals surface area contributed by atoms with Gasteiger partial charge in [0, 0.05) is 22.4 Å². The molecule has 1 heterocycles. The Kier molecular flexibility index (Phi) is 5.40. The van der Waals surface area contributed by atoms with Gasteiger partial charge in [-0.2, -0.15) is 0 Å². The first-order valence-corrected chi connectivity index (χ1v) is 10.1. The van der Waals surface area contributed by atoms with Gasteiger partial charge in [-0.3, -0.25) is 14.3 Å². The van der Waals surface area contributed by atoms with E-state index < -0.39 is 27.2 Å². The van der Waals surface area contributed by atoms with Crippen LogP contribution in [0.4, 0.5) is 5.69 Å². The number of nitrogens with one attached hydrogen (secondary N) is 3. The monoisotopic (exact) mass is 416 g/mol. The van der Waals surface area contributed by atoms with Gasteiger partial charge in [0.25, 0.3) is 5.91 Å². The number of H-pyrrole nitrogens is 1. The van der Waals surface area contributed by atoms with Crippen LogP contribution in [0.5, 0.6) is 0 Å². The summed E-state index contributed by atoms with van der Waals surface area (Å²) in [7, 11) is -3.68. The quantitative estimate of drug-likeness (QED) is 0.584. The van der Waals surface area contributed by atoms with Crippen LogP contribution in [0.1, 0.15) is 31.1 Å². The van der Waals surface area contributed by atoms with Crippen LogP contribution in [-0.4, -0.2) is 30.0 Å². The molecule has 0 bridgehead atoms. The van der Waals surface area contributed by atoms with Crippen LogP contribution in [0.3, 0.4) is 0 Å². The second-order valence-corrected chi connectivity index (χ2v) is 9.04. The molecule has 0 aliphatic carbocycles. The molecule has 3 N–H and O–H groups in total. The number of aromatic nitrogens is 2. The molecule has 0 saturated heterocycles. The van der Waals surface area contributed by atoms with Crippen molar-refractivity contribution in [1.82, 2.24) is 14.9 Å². The Hall–Kier alpha value is -3.24. The van der Waals surface area contributed by atoms with Crippen LogP contribution in [-0.2, 0) is 10.0 Å². The molecule has 2 aromatic carbocycles. The summed E-state index contributed by atoms with van der Waals surface area (Å²) in [6.45, 7) is 5.24. The molecule has 0 fully saturated rings. The molecule has 9 nitrogen and oxygen atoms in total. The summed E-state index contributed by atoms with van der Waals surface area (Å²) < 4.78 is 31.7. The first kappa shape index (κ1) is 20.5. The fraction of sp³-hybridized carbons (Fsp3) is 0.211. The number of rotatable bonds is 5. The molecule has 0 aliphatic heterocycles. The number of hydrogen-bond acceptors (Lipinski definition) is 6. The lowest BCUT2D eigenvalue weighted by Gasteiger charge is -2.20. The zero-order valence-corrected chi connectivity index (χ0v) is 16.8. The van der Waals surface area contributed by atoms with E-state index in [0.717, 1.165) is 0 Å². The van der Waals surface area contributed by atoms with Crippen LogP contribution in [0.2, 0.25) is 0 Å². The van der Waals surface area contributed by atoms with Crippen molar-refractivity contribution in [1.29, 1.82) is 0 Å². The third kappa shape index (κ3) is 5.18. The van der Waals surface area contributed by atoms with Gasteiger partial charge in [0.15, 0.2) is 5.82 Å². The van der Waals surface area contributed by atoms with E-state index in [2.05, 4.69) is 24.7 Å². The summed E-state index contributed by atoms with van der Waals surface area (Å²) in [5, 5.41) is 6.32. The zero-order valence-electron chi connectivity index (χ0n) is 16.0. The summed E-state index contributed by atoms with van der Waals surface area (Å²) in [5.41, 5.74) is 0.708. The van der Waals surface area contributed by atoms with Crippen molar-refractivity contribution in [3.05, 3.63) is 64.6 Å². The standard InChI is InChI=1S/C19H20N4O5S/c1-19(2,3)23-29(26,27)15-9-7-12(8-10-15)17(24)20-14-6-4-5-13(11-14)16-21-18(25)28-22-16/h4-11,23H,1-3H3,(H,20,24)(H,21,22,25). The molecule has 0 aliphatic rings. The van der Waals surface area contributed by atoms with Gasteiger partial charge in [0.1, 0.15) is 0 Å². The van der Waals surface area contributed by atoms with Crippen molar-refractivity contribution in [3.8, 4) is 11.4 Å². The predicted octanol–water partition coefficient (Wildman–Crippen LogP) is 2.36. The largest absolute Gasteiger partial charge is 0.439 e. The third-order valence-electron chi connectivity index (χ3n) is 3.70. The fourth-order valence-corrected chi connectivity index (χ4v) is 3.97. The number of nitrogens with zero attached hydrogens (tertiary/aromatic N) is 1.